The van der Waals surface area contributed by atoms with E-state index in [1.807, 2.05) is 36.2 Å². The Morgan fingerprint density at radius 3 is 2.89 bits per heavy atom. The zero-order valence-corrected chi connectivity index (χ0v) is 10.6. The SMILES string of the molecule is COC(=O)CCN(C)c1nccc2ccccc12. The molecule has 0 saturated carbocycles. The van der Waals surface area contributed by atoms with E-state index in [2.05, 4.69) is 15.8 Å². The van der Waals surface area contributed by atoms with Crippen LogP contribution in [0.1, 0.15) is 6.42 Å². The Labute approximate surface area is 106 Å². The van der Waals surface area contributed by atoms with Gasteiger partial charge >= 0.3 is 5.97 Å². The van der Waals surface area contributed by atoms with Crippen LogP contribution >= 0.6 is 0 Å². The molecular formula is C14H16N2O2. The molecule has 4 heteroatoms. The van der Waals surface area contributed by atoms with Gasteiger partial charge in [-0.2, -0.15) is 0 Å². The van der Waals surface area contributed by atoms with Crippen molar-refractivity contribution in [3.63, 3.8) is 0 Å². The second-order valence-electron chi connectivity index (χ2n) is 4.10. The van der Waals surface area contributed by atoms with Crippen molar-refractivity contribution < 1.29 is 9.53 Å². The first-order valence-electron chi connectivity index (χ1n) is 5.84. The minimum Gasteiger partial charge on any atom is -0.469 e. The van der Waals surface area contributed by atoms with Gasteiger partial charge in [0, 0.05) is 25.2 Å². The van der Waals surface area contributed by atoms with Crippen LogP contribution in [0, 0.1) is 0 Å². The highest BCUT2D eigenvalue weighted by Gasteiger charge is 2.09. The minimum absolute atomic E-state index is 0.206. The molecule has 0 fully saturated rings. The van der Waals surface area contributed by atoms with Gasteiger partial charge in [0.15, 0.2) is 0 Å². The predicted octanol–water partition coefficient (Wildman–Crippen LogP) is 2.23. The number of hydrogen-bond acceptors (Lipinski definition) is 4. The number of ether oxygens (including phenoxy) is 1. The monoisotopic (exact) mass is 244 g/mol. The summed E-state index contributed by atoms with van der Waals surface area (Å²) in [5, 5.41) is 2.24. The number of anilines is 1. The molecule has 0 saturated heterocycles. The number of carbonyl (C=O) groups is 1. The number of rotatable bonds is 4. The molecular weight excluding hydrogens is 228 g/mol. The number of nitrogens with zero attached hydrogens (tertiary/aromatic N) is 2. The van der Waals surface area contributed by atoms with Gasteiger partial charge in [-0.3, -0.25) is 4.79 Å². The lowest BCUT2D eigenvalue weighted by atomic mass is 10.1. The normalized spacial score (nSPS) is 10.3. The van der Waals surface area contributed by atoms with E-state index in [-0.39, 0.29) is 5.97 Å². The number of fused-ring (bicyclic) bond motifs is 1. The minimum atomic E-state index is -0.206. The quantitative estimate of drug-likeness (QED) is 0.773. The molecule has 0 spiro atoms. The molecule has 0 radical (unpaired) electrons. The first kappa shape index (κ1) is 12.4. The van der Waals surface area contributed by atoms with E-state index in [9.17, 15) is 4.79 Å². The number of carbonyl (C=O) groups excluding carboxylic acids is 1. The van der Waals surface area contributed by atoms with E-state index in [0.717, 1.165) is 16.6 Å². The first-order chi connectivity index (χ1) is 8.72. The van der Waals surface area contributed by atoms with Gasteiger partial charge in [-0.1, -0.05) is 24.3 Å². The molecule has 0 N–H and O–H groups in total. The molecule has 4 nitrogen and oxygen atoms in total. The third-order valence-corrected chi connectivity index (χ3v) is 2.89. The van der Waals surface area contributed by atoms with E-state index in [0.29, 0.717) is 13.0 Å². The van der Waals surface area contributed by atoms with Gasteiger partial charge in [0.1, 0.15) is 5.82 Å². The summed E-state index contributed by atoms with van der Waals surface area (Å²) in [5.41, 5.74) is 0. The molecule has 0 unspecified atom stereocenters. The number of methoxy groups -OCH3 is 1. The fraction of sp³-hybridized carbons (Fsp3) is 0.286. The van der Waals surface area contributed by atoms with E-state index >= 15 is 0 Å². The largest absolute Gasteiger partial charge is 0.469 e. The Morgan fingerprint density at radius 1 is 1.33 bits per heavy atom. The summed E-state index contributed by atoms with van der Waals surface area (Å²) in [4.78, 5) is 17.5. The molecule has 0 atom stereocenters. The summed E-state index contributed by atoms with van der Waals surface area (Å²) < 4.78 is 4.64. The van der Waals surface area contributed by atoms with Crippen molar-refractivity contribution in [2.45, 2.75) is 6.42 Å². The van der Waals surface area contributed by atoms with E-state index in [4.69, 9.17) is 0 Å². The number of aromatic nitrogens is 1. The standard InChI is InChI=1S/C14H16N2O2/c1-16(10-8-13(17)18-2)14-12-6-4-3-5-11(12)7-9-15-14/h3-7,9H,8,10H2,1-2H3. The Morgan fingerprint density at radius 2 is 2.11 bits per heavy atom. The number of hydrogen-bond donors (Lipinski definition) is 0. The van der Waals surface area contributed by atoms with Crippen LogP contribution < -0.4 is 4.90 Å². The van der Waals surface area contributed by atoms with Crippen molar-refractivity contribution in [1.82, 2.24) is 4.98 Å². The molecule has 1 heterocycles. The fourth-order valence-corrected chi connectivity index (χ4v) is 1.87. The first-order valence-corrected chi connectivity index (χ1v) is 5.84. The Bertz CT molecular complexity index is 549. The summed E-state index contributed by atoms with van der Waals surface area (Å²) in [6.07, 6.45) is 2.14. The highest BCUT2D eigenvalue weighted by molar-refractivity contribution is 5.92. The average molecular weight is 244 g/mol. The van der Waals surface area contributed by atoms with Gasteiger partial charge in [0.05, 0.1) is 13.5 Å². The van der Waals surface area contributed by atoms with Gasteiger partial charge in [-0.05, 0) is 11.5 Å². The van der Waals surface area contributed by atoms with Crippen LogP contribution in [0.25, 0.3) is 10.8 Å². The second kappa shape index (κ2) is 5.49. The number of esters is 1. The zero-order valence-electron chi connectivity index (χ0n) is 10.6. The lowest BCUT2D eigenvalue weighted by molar-refractivity contribution is -0.140. The lowest BCUT2D eigenvalue weighted by Gasteiger charge is -2.19. The summed E-state index contributed by atoms with van der Waals surface area (Å²) >= 11 is 0. The molecule has 18 heavy (non-hydrogen) atoms. The molecule has 0 aliphatic heterocycles. The third kappa shape index (κ3) is 2.59. The van der Waals surface area contributed by atoms with Crippen LogP contribution in [0.3, 0.4) is 0 Å². The van der Waals surface area contributed by atoms with Crippen LogP contribution in [-0.4, -0.2) is 31.7 Å². The van der Waals surface area contributed by atoms with Crippen molar-refractivity contribution in [2.75, 3.05) is 25.6 Å². The van der Waals surface area contributed by atoms with Gasteiger partial charge < -0.3 is 9.64 Å². The lowest BCUT2D eigenvalue weighted by Crippen LogP contribution is -2.22. The second-order valence-corrected chi connectivity index (χ2v) is 4.10. The Hall–Kier alpha value is -2.10. The molecule has 1 aromatic carbocycles. The van der Waals surface area contributed by atoms with Crippen LogP contribution in [0.5, 0.6) is 0 Å². The van der Waals surface area contributed by atoms with Gasteiger partial charge in [0.2, 0.25) is 0 Å². The van der Waals surface area contributed by atoms with Crippen LogP contribution in [0.4, 0.5) is 5.82 Å². The van der Waals surface area contributed by atoms with E-state index in [1.165, 1.54) is 7.11 Å². The van der Waals surface area contributed by atoms with Crippen LogP contribution in [0.15, 0.2) is 36.5 Å². The predicted molar refractivity (Wildman–Crippen MR) is 71.6 cm³/mol. The summed E-state index contributed by atoms with van der Waals surface area (Å²) in [6.45, 7) is 0.591. The van der Waals surface area contributed by atoms with E-state index in [1.54, 1.807) is 6.20 Å². The van der Waals surface area contributed by atoms with Crippen LogP contribution in [-0.2, 0) is 9.53 Å². The van der Waals surface area contributed by atoms with Crippen molar-refractivity contribution >= 4 is 22.6 Å². The molecule has 0 aliphatic rings. The topological polar surface area (TPSA) is 42.4 Å². The van der Waals surface area contributed by atoms with E-state index < -0.39 is 0 Å². The highest BCUT2D eigenvalue weighted by atomic mass is 16.5. The van der Waals surface area contributed by atoms with Crippen molar-refractivity contribution in [3.8, 4) is 0 Å². The Kier molecular flexibility index (Phi) is 3.77. The molecule has 2 aromatic rings. The van der Waals surface area contributed by atoms with Gasteiger partial charge in [-0.15, -0.1) is 0 Å². The molecule has 1 aromatic heterocycles. The maximum Gasteiger partial charge on any atom is 0.307 e. The molecule has 0 aliphatic carbocycles. The summed E-state index contributed by atoms with van der Waals surface area (Å²) in [5.74, 6) is 0.680. The maximum atomic E-state index is 11.1. The summed E-state index contributed by atoms with van der Waals surface area (Å²) in [7, 11) is 3.33. The van der Waals surface area contributed by atoms with Gasteiger partial charge in [-0.25, -0.2) is 4.98 Å². The number of benzene rings is 1. The molecule has 2 rings (SSSR count). The molecule has 0 amide bonds. The highest BCUT2D eigenvalue weighted by Crippen LogP contribution is 2.23. The number of pyridine rings is 1. The molecule has 0 bridgehead atoms. The van der Waals surface area contributed by atoms with Crippen molar-refractivity contribution in [1.29, 1.82) is 0 Å². The van der Waals surface area contributed by atoms with Crippen LogP contribution in [0.2, 0.25) is 0 Å². The fourth-order valence-electron chi connectivity index (χ4n) is 1.87. The van der Waals surface area contributed by atoms with Gasteiger partial charge in [0.25, 0.3) is 0 Å². The average Bonchev–Trinajstić information content (AvgIpc) is 2.43. The smallest absolute Gasteiger partial charge is 0.307 e. The summed E-state index contributed by atoms with van der Waals surface area (Å²) in [6, 6.07) is 10.1. The van der Waals surface area contributed by atoms with Crippen molar-refractivity contribution in [2.24, 2.45) is 0 Å². The Balaban J connectivity index is 2.22. The third-order valence-electron chi connectivity index (χ3n) is 2.89. The van der Waals surface area contributed by atoms with Crippen molar-refractivity contribution in [3.05, 3.63) is 36.5 Å². The maximum absolute atomic E-state index is 11.1. The molecule has 94 valence electrons. The zero-order chi connectivity index (χ0) is 13.0.